The third-order valence-electron chi connectivity index (χ3n) is 8.07. The van der Waals surface area contributed by atoms with Crippen molar-refractivity contribution in [3.63, 3.8) is 0 Å². The van der Waals surface area contributed by atoms with Crippen molar-refractivity contribution in [3.05, 3.63) is 58.1 Å². The molecule has 1 amide bonds. The van der Waals surface area contributed by atoms with Gasteiger partial charge in [0.05, 0.1) is 22.8 Å². The van der Waals surface area contributed by atoms with Gasteiger partial charge in [-0.05, 0) is 94.9 Å². The summed E-state index contributed by atoms with van der Waals surface area (Å²) >= 11 is 6.23. The number of amidine groups is 1. The van der Waals surface area contributed by atoms with Gasteiger partial charge in [-0.15, -0.1) is 0 Å². The van der Waals surface area contributed by atoms with Gasteiger partial charge in [0.1, 0.15) is 5.84 Å². The summed E-state index contributed by atoms with van der Waals surface area (Å²) in [5.41, 5.74) is 5.06. The van der Waals surface area contributed by atoms with Crippen LogP contribution >= 0.6 is 11.6 Å². The largest absolute Gasteiger partial charge is 0.293 e. The number of nitrogens with zero attached hydrogens (tertiary/aromatic N) is 3. The van der Waals surface area contributed by atoms with Gasteiger partial charge in [-0.1, -0.05) is 55.0 Å². The standard InChI is InChI=1S/C29H36ClN3O/c1-20-18-21(2)25(22(3)19-20)31-27-26(32-16-8-5-9-17-32)29(14-6-4-7-15-29)28(34)33(27)24-12-10-23(30)11-13-24/h10-13,18-19,26H,4-9,14-17H2,1-3H3/t26-/m0/s1. The number of halogens is 1. The predicted octanol–water partition coefficient (Wildman–Crippen LogP) is 7.15. The zero-order valence-electron chi connectivity index (χ0n) is 20.7. The number of rotatable bonds is 3. The van der Waals surface area contributed by atoms with E-state index in [-0.39, 0.29) is 17.4 Å². The van der Waals surface area contributed by atoms with Crippen molar-refractivity contribution in [2.24, 2.45) is 10.4 Å². The second-order valence-electron chi connectivity index (χ2n) is 10.6. The molecular formula is C29H36ClN3O. The number of hydrogen-bond acceptors (Lipinski definition) is 3. The average Bonchev–Trinajstić information content (AvgIpc) is 3.05. The number of carbonyl (C=O) groups excluding carboxylic acids is 1. The fourth-order valence-electron chi connectivity index (χ4n) is 6.59. The number of carbonyl (C=O) groups is 1. The molecule has 0 bridgehead atoms. The molecule has 2 aromatic carbocycles. The lowest BCUT2D eigenvalue weighted by Gasteiger charge is -2.42. The summed E-state index contributed by atoms with van der Waals surface area (Å²) in [7, 11) is 0. The fourth-order valence-corrected chi connectivity index (χ4v) is 6.71. The van der Waals surface area contributed by atoms with E-state index in [1.54, 1.807) is 0 Å². The van der Waals surface area contributed by atoms with E-state index in [1.165, 1.54) is 31.2 Å². The van der Waals surface area contributed by atoms with E-state index < -0.39 is 0 Å². The van der Waals surface area contributed by atoms with E-state index >= 15 is 0 Å². The van der Waals surface area contributed by atoms with Crippen molar-refractivity contribution in [3.8, 4) is 0 Å². The monoisotopic (exact) mass is 477 g/mol. The summed E-state index contributed by atoms with van der Waals surface area (Å²) < 4.78 is 0. The SMILES string of the molecule is Cc1cc(C)c(N=C2[C@H](N3CCCCC3)C3(CCCCC3)C(=O)N2c2ccc(Cl)cc2)c(C)c1. The Kier molecular flexibility index (Phi) is 6.56. The van der Waals surface area contributed by atoms with Gasteiger partial charge < -0.3 is 0 Å². The number of aryl methyl sites for hydroxylation is 3. The summed E-state index contributed by atoms with van der Waals surface area (Å²) in [6, 6.07) is 12.1. The summed E-state index contributed by atoms with van der Waals surface area (Å²) in [6.07, 6.45) is 8.99. The lowest BCUT2D eigenvalue weighted by molar-refractivity contribution is -0.130. The highest BCUT2D eigenvalue weighted by Gasteiger charge is 2.60. The first-order valence-electron chi connectivity index (χ1n) is 12.9. The van der Waals surface area contributed by atoms with Crippen LogP contribution in [0.4, 0.5) is 11.4 Å². The van der Waals surface area contributed by atoms with Gasteiger partial charge in [-0.25, -0.2) is 4.99 Å². The highest BCUT2D eigenvalue weighted by atomic mass is 35.5. The molecule has 5 heteroatoms. The van der Waals surface area contributed by atoms with Crippen LogP contribution in [0.25, 0.3) is 0 Å². The first kappa shape index (κ1) is 23.6. The Hall–Kier alpha value is -2.17. The maximum absolute atomic E-state index is 14.4. The van der Waals surface area contributed by atoms with Crippen molar-refractivity contribution >= 4 is 34.7 Å². The summed E-state index contributed by atoms with van der Waals surface area (Å²) in [5, 5.41) is 0.680. The first-order valence-corrected chi connectivity index (χ1v) is 13.3. The minimum absolute atomic E-state index is 0.0244. The molecule has 0 unspecified atom stereocenters. The van der Waals surface area contributed by atoms with Gasteiger partial charge in [0.2, 0.25) is 5.91 Å². The van der Waals surface area contributed by atoms with Crippen LogP contribution in [0.1, 0.15) is 68.1 Å². The quantitative estimate of drug-likeness (QED) is 0.470. The molecule has 3 fully saturated rings. The molecule has 2 aliphatic heterocycles. The van der Waals surface area contributed by atoms with Crippen molar-refractivity contribution in [1.82, 2.24) is 4.90 Å². The smallest absolute Gasteiger partial charge is 0.240 e. The maximum atomic E-state index is 14.4. The zero-order valence-corrected chi connectivity index (χ0v) is 21.5. The molecule has 34 heavy (non-hydrogen) atoms. The summed E-state index contributed by atoms with van der Waals surface area (Å²) in [5.74, 6) is 1.14. The average molecular weight is 478 g/mol. The van der Waals surface area contributed by atoms with Crippen LogP contribution in [0.3, 0.4) is 0 Å². The number of piperidine rings is 1. The third-order valence-corrected chi connectivity index (χ3v) is 8.33. The Morgan fingerprint density at radius 3 is 2.09 bits per heavy atom. The van der Waals surface area contributed by atoms with Gasteiger partial charge in [0.15, 0.2) is 0 Å². The van der Waals surface area contributed by atoms with E-state index in [0.29, 0.717) is 5.02 Å². The van der Waals surface area contributed by atoms with Gasteiger partial charge in [-0.3, -0.25) is 14.6 Å². The van der Waals surface area contributed by atoms with E-state index in [9.17, 15) is 4.79 Å². The Labute approximate surface area is 209 Å². The molecule has 180 valence electrons. The van der Waals surface area contributed by atoms with Gasteiger partial charge in [-0.2, -0.15) is 0 Å². The van der Waals surface area contributed by atoms with E-state index in [4.69, 9.17) is 16.6 Å². The topological polar surface area (TPSA) is 35.9 Å². The first-order chi connectivity index (χ1) is 16.4. The second kappa shape index (κ2) is 9.47. The van der Waals surface area contributed by atoms with Crippen LogP contribution < -0.4 is 4.90 Å². The molecule has 2 heterocycles. The molecule has 1 aliphatic carbocycles. The molecule has 1 saturated carbocycles. The number of anilines is 1. The highest BCUT2D eigenvalue weighted by molar-refractivity contribution is 6.31. The van der Waals surface area contributed by atoms with E-state index in [1.807, 2.05) is 29.2 Å². The molecule has 2 aromatic rings. The Morgan fingerprint density at radius 1 is 0.882 bits per heavy atom. The van der Waals surface area contributed by atoms with Crippen LogP contribution in [0.15, 0.2) is 41.4 Å². The fraction of sp³-hybridized carbons (Fsp3) is 0.517. The van der Waals surface area contributed by atoms with E-state index in [2.05, 4.69) is 37.8 Å². The zero-order chi connectivity index (χ0) is 23.9. The van der Waals surface area contributed by atoms with Crippen LogP contribution in [0.5, 0.6) is 0 Å². The van der Waals surface area contributed by atoms with E-state index in [0.717, 1.165) is 67.1 Å². The third kappa shape index (κ3) is 4.09. The van der Waals surface area contributed by atoms with Crippen LogP contribution in [0, 0.1) is 26.2 Å². The van der Waals surface area contributed by atoms with Crippen molar-refractivity contribution < 1.29 is 4.79 Å². The molecule has 2 saturated heterocycles. The number of benzene rings is 2. The molecule has 0 radical (unpaired) electrons. The Bertz CT molecular complexity index is 1070. The molecule has 4 nitrogen and oxygen atoms in total. The van der Waals surface area contributed by atoms with Gasteiger partial charge in [0.25, 0.3) is 0 Å². The lowest BCUT2D eigenvalue weighted by atomic mass is 9.69. The van der Waals surface area contributed by atoms with Gasteiger partial charge in [0, 0.05) is 5.02 Å². The number of hydrogen-bond donors (Lipinski definition) is 0. The second-order valence-corrected chi connectivity index (χ2v) is 11.0. The number of likely N-dealkylation sites (tertiary alicyclic amines) is 1. The predicted molar refractivity (Wildman–Crippen MR) is 141 cm³/mol. The van der Waals surface area contributed by atoms with Crippen molar-refractivity contribution in [1.29, 1.82) is 0 Å². The number of aliphatic imine (C=N–C) groups is 1. The minimum atomic E-state index is -0.388. The molecule has 5 rings (SSSR count). The van der Waals surface area contributed by atoms with Crippen LogP contribution in [0.2, 0.25) is 5.02 Å². The Balaban J connectivity index is 1.72. The normalized spacial score (nSPS) is 24.4. The van der Waals surface area contributed by atoms with Crippen molar-refractivity contribution in [2.75, 3.05) is 18.0 Å². The molecule has 3 aliphatic rings. The number of amides is 1. The molecule has 1 atom stereocenters. The summed E-state index contributed by atoms with van der Waals surface area (Å²) in [4.78, 5) is 24.3. The Morgan fingerprint density at radius 2 is 1.47 bits per heavy atom. The molecule has 0 N–H and O–H groups in total. The lowest BCUT2D eigenvalue weighted by Crippen LogP contribution is -2.52. The molecule has 1 spiro atoms. The minimum Gasteiger partial charge on any atom is -0.293 e. The molecular weight excluding hydrogens is 442 g/mol. The summed E-state index contributed by atoms with van der Waals surface area (Å²) in [6.45, 7) is 8.48. The molecule has 0 aromatic heterocycles. The van der Waals surface area contributed by atoms with Crippen LogP contribution in [-0.4, -0.2) is 35.8 Å². The maximum Gasteiger partial charge on any atom is 0.240 e. The van der Waals surface area contributed by atoms with Gasteiger partial charge >= 0.3 is 0 Å². The van der Waals surface area contributed by atoms with Crippen molar-refractivity contribution in [2.45, 2.75) is 78.2 Å². The van der Waals surface area contributed by atoms with Crippen LogP contribution in [-0.2, 0) is 4.79 Å². The highest BCUT2D eigenvalue weighted by Crippen LogP contribution is 2.50.